The summed E-state index contributed by atoms with van der Waals surface area (Å²) >= 11 is 0. The smallest absolute Gasteiger partial charge is 0.126 e. The molecule has 3 nitrogen and oxygen atoms in total. The zero-order chi connectivity index (χ0) is 12.2. The molecule has 0 aliphatic carbocycles. The zero-order valence-corrected chi connectivity index (χ0v) is 10.6. The number of aliphatic imine (C=N–C) groups is 1. The van der Waals surface area contributed by atoms with E-state index >= 15 is 0 Å². The van der Waals surface area contributed by atoms with Gasteiger partial charge in [0.05, 0.1) is 11.2 Å². The first-order valence-corrected chi connectivity index (χ1v) is 5.90. The van der Waals surface area contributed by atoms with Crippen LogP contribution in [0.3, 0.4) is 0 Å². The van der Waals surface area contributed by atoms with E-state index in [2.05, 4.69) is 41.8 Å². The Morgan fingerprint density at radius 1 is 1.12 bits per heavy atom. The van der Waals surface area contributed by atoms with E-state index in [9.17, 15) is 0 Å². The average Bonchev–Trinajstić information content (AvgIpc) is 2.59. The molecule has 1 aliphatic rings. The van der Waals surface area contributed by atoms with Gasteiger partial charge in [-0.3, -0.25) is 4.99 Å². The number of fused-ring (bicyclic) bond motifs is 2. The molecule has 1 aromatic carbocycles. The van der Waals surface area contributed by atoms with Gasteiger partial charge in [-0.2, -0.15) is 0 Å². The second-order valence-corrected chi connectivity index (χ2v) is 4.75. The Kier molecular flexibility index (Phi) is 2.05. The monoisotopic (exact) mass is 225 g/mol. The minimum absolute atomic E-state index is 0.398. The van der Waals surface area contributed by atoms with Crippen LogP contribution in [-0.2, 0) is 0 Å². The highest BCUT2D eigenvalue weighted by atomic mass is 14.9. The van der Waals surface area contributed by atoms with Crippen molar-refractivity contribution in [2.75, 3.05) is 0 Å². The van der Waals surface area contributed by atoms with Crippen molar-refractivity contribution in [2.45, 2.75) is 33.6 Å². The molecular weight excluding hydrogens is 210 g/mol. The topological polar surface area (TPSA) is 38.1 Å². The Hall–Kier alpha value is -1.77. The first kappa shape index (κ1) is 10.4. The molecular formula is C14H15N3. The van der Waals surface area contributed by atoms with E-state index < -0.39 is 0 Å². The van der Waals surface area contributed by atoms with Gasteiger partial charge in [0.2, 0.25) is 0 Å². The van der Waals surface area contributed by atoms with E-state index in [-0.39, 0.29) is 0 Å². The van der Waals surface area contributed by atoms with E-state index in [0.717, 1.165) is 22.7 Å². The van der Waals surface area contributed by atoms with Crippen LogP contribution >= 0.6 is 0 Å². The summed E-state index contributed by atoms with van der Waals surface area (Å²) in [6.45, 7) is 8.31. The molecule has 0 bridgehead atoms. The largest absolute Gasteiger partial charge is 0.260 e. The maximum atomic E-state index is 4.51. The van der Waals surface area contributed by atoms with Crippen molar-refractivity contribution in [1.29, 1.82) is 0 Å². The molecule has 1 unspecified atom stereocenters. The van der Waals surface area contributed by atoms with Crippen molar-refractivity contribution >= 4 is 22.8 Å². The number of aromatic nitrogens is 2. The van der Waals surface area contributed by atoms with Crippen LogP contribution in [0.2, 0.25) is 0 Å². The standard InChI is InChI=1S/C14H15N3/c1-7-6-15-11-5-12-14(8(2)13(7)11)9(3)16-10(4)17-12/h5-7H,1-4H3. The number of hydrogen-bond acceptors (Lipinski definition) is 3. The fraction of sp³-hybridized carbons (Fsp3) is 0.357. The van der Waals surface area contributed by atoms with Gasteiger partial charge < -0.3 is 0 Å². The normalized spacial score (nSPS) is 17.8. The van der Waals surface area contributed by atoms with Crippen molar-refractivity contribution in [3.63, 3.8) is 0 Å². The molecule has 0 radical (unpaired) electrons. The second-order valence-electron chi connectivity index (χ2n) is 4.75. The molecule has 0 saturated carbocycles. The Labute approximate surface area is 101 Å². The highest BCUT2D eigenvalue weighted by Gasteiger charge is 2.20. The SMILES string of the molecule is Cc1nc(C)c2c(C)c3c(cc2n1)N=CC3C. The van der Waals surface area contributed by atoms with Gasteiger partial charge in [-0.05, 0) is 38.0 Å². The lowest BCUT2D eigenvalue weighted by molar-refractivity contribution is 1.03. The van der Waals surface area contributed by atoms with Gasteiger partial charge in [0.1, 0.15) is 5.82 Å². The molecule has 0 N–H and O–H groups in total. The zero-order valence-electron chi connectivity index (χ0n) is 10.6. The van der Waals surface area contributed by atoms with Crippen molar-refractivity contribution in [3.8, 4) is 0 Å². The summed E-state index contributed by atoms with van der Waals surface area (Å²) in [6, 6.07) is 2.08. The van der Waals surface area contributed by atoms with Gasteiger partial charge in [-0.25, -0.2) is 9.97 Å². The molecule has 0 amide bonds. The van der Waals surface area contributed by atoms with Crippen molar-refractivity contribution in [2.24, 2.45) is 4.99 Å². The second kappa shape index (κ2) is 3.36. The van der Waals surface area contributed by atoms with Crippen LogP contribution < -0.4 is 0 Å². The number of benzene rings is 1. The van der Waals surface area contributed by atoms with Crippen LogP contribution in [0.1, 0.15) is 35.5 Å². The highest BCUT2D eigenvalue weighted by Crippen LogP contribution is 2.38. The average molecular weight is 225 g/mol. The van der Waals surface area contributed by atoms with E-state index in [0.29, 0.717) is 5.92 Å². The molecule has 86 valence electrons. The third kappa shape index (κ3) is 1.38. The van der Waals surface area contributed by atoms with Gasteiger partial charge in [0, 0.05) is 23.2 Å². The molecule has 0 fully saturated rings. The van der Waals surface area contributed by atoms with E-state index in [4.69, 9.17) is 0 Å². The number of nitrogens with zero attached hydrogens (tertiary/aromatic N) is 3. The Morgan fingerprint density at radius 2 is 1.88 bits per heavy atom. The Balaban J connectivity index is 2.47. The Bertz CT molecular complexity index is 656. The van der Waals surface area contributed by atoms with E-state index in [1.807, 2.05) is 13.1 Å². The third-order valence-electron chi connectivity index (χ3n) is 3.45. The molecule has 3 heteroatoms. The summed E-state index contributed by atoms with van der Waals surface area (Å²) in [7, 11) is 0. The summed E-state index contributed by atoms with van der Waals surface area (Å²) in [5, 5.41) is 1.19. The predicted octanol–water partition coefficient (Wildman–Crippen LogP) is 3.37. The molecule has 17 heavy (non-hydrogen) atoms. The van der Waals surface area contributed by atoms with Crippen LogP contribution in [0, 0.1) is 20.8 Å². The lowest BCUT2D eigenvalue weighted by Crippen LogP contribution is -1.99. The van der Waals surface area contributed by atoms with Crippen molar-refractivity contribution in [3.05, 3.63) is 28.7 Å². The van der Waals surface area contributed by atoms with Gasteiger partial charge in [-0.15, -0.1) is 0 Å². The first-order chi connectivity index (χ1) is 8.08. The lowest BCUT2D eigenvalue weighted by atomic mass is 9.94. The molecule has 1 atom stereocenters. The summed E-state index contributed by atoms with van der Waals surface area (Å²) in [4.78, 5) is 13.4. The molecule has 2 heterocycles. The van der Waals surface area contributed by atoms with Crippen LogP contribution in [0.25, 0.3) is 10.9 Å². The first-order valence-electron chi connectivity index (χ1n) is 5.90. The number of rotatable bonds is 0. The molecule has 3 rings (SSSR count). The molecule has 2 aromatic rings. The number of hydrogen-bond donors (Lipinski definition) is 0. The predicted molar refractivity (Wildman–Crippen MR) is 70.3 cm³/mol. The molecule has 0 spiro atoms. The summed E-state index contributed by atoms with van der Waals surface area (Å²) in [5.74, 6) is 1.22. The minimum Gasteiger partial charge on any atom is -0.260 e. The maximum Gasteiger partial charge on any atom is 0.126 e. The summed E-state index contributed by atoms with van der Waals surface area (Å²) < 4.78 is 0. The van der Waals surface area contributed by atoms with Crippen LogP contribution in [0.4, 0.5) is 5.69 Å². The Morgan fingerprint density at radius 3 is 2.65 bits per heavy atom. The molecule has 0 saturated heterocycles. The van der Waals surface area contributed by atoms with Crippen molar-refractivity contribution in [1.82, 2.24) is 9.97 Å². The maximum absolute atomic E-state index is 4.51. The highest BCUT2D eigenvalue weighted by molar-refractivity contribution is 5.94. The van der Waals surface area contributed by atoms with E-state index in [1.165, 1.54) is 16.5 Å². The fourth-order valence-corrected chi connectivity index (χ4v) is 2.79. The molecule has 1 aromatic heterocycles. The fourth-order valence-electron chi connectivity index (χ4n) is 2.79. The van der Waals surface area contributed by atoms with Gasteiger partial charge in [0.15, 0.2) is 0 Å². The summed E-state index contributed by atoms with van der Waals surface area (Å²) in [6.07, 6.45) is 2.01. The van der Waals surface area contributed by atoms with Crippen LogP contribution in [0.5, 0.6) is 0 Å². The third-order valence-corrected chi connectivity index (χ3v) is 3.45. The van der Waals surface area contributed by atoms with Crippen LogP contribution in [-0.4, -0.2) is 16.2 Å². The van der Waals surface area contributed by atoms with E-state index in [1.54, 1.807) is 0 Å². The summed E-state index contributed by atoms with van der Waals surface area (Å²) in [5.41, 5.74) is 5.75. The minimum atomic E-state index is 0.398. The van der Waals surface area contributed by atoms with Gasteiger partial charge >= 0.3 is 0 Å². The van der Waals surface area contributed by atoms with Gasteiger partial charge in [0.25, 0.3) is 0 Å². The van der Waals surface area contributed by atoms with Crippen LogP contribution in [0.15, 0.2) is 11.1 Å². The number of aryl methyl sites for hydroxylation is 3. The molecule has 1 aliphatic heterocycles. The quantitative estimate of drug-likeness (QED) is 0.689. The lowest BCUT2D eigenvalue weighted by Gasteiger charge is -2.12. The van der Waals surface area contributed by atoms with Gasteiger partial charge in [-0.1, -0.05) is 6.92 Å². The van der Waals surface area contributed by atoms with Crippen molar-refractivity contribution < 1.29 is 0 Å².